The molecule has 2 saturated heterocycles. The number of fused-ring (bicyclic) bond motifs is 2. The van der Waals surface area contributed by atoms with Gasteiger partial charge < -0.3 is 4.90 Å². The van der Waals surface area contributed by atoms with Crippen molar-refractivity contribution in [1.29, 1.82) is 0 Å². The van der Waals surface area contributed by atoms with E-state index in [1.807, 2.05) is 22.9 Å². The van der Waals surface area contributed by atoms with Gasteiger partial charge in [0.25, 0.3) is 11.8 Å². The normalized spacial score (nSPS) is 22.7. The van der Waals surface area contributed by atoms with E-state index >= 15 is 0 Å². The minimum Gasteiger partial charge on any atom is -0.334 e. The first kappa shape index (κ1) is 16.4. The Morgan fingerprint density at radius 3 is 2.84 bits per heavy atom. The molecule has 0 saturated carbocycles. The molecule has 1 atom stereocenters. The second-order valence-corrected chi connectivity index (χ2v) is 8.45. The van der Waals surface area contributed by atoms with Gasteiger partial charge in [0.05, 0.1) is 0 Å². The van der Waals surface area contributed by atoms with E-state index < -0.39 is 22.2 Å². The van der Waals surface area contributed by atoms with E-state index in [0.717, 1.165) is 19.6 Å². The maximum Gasteiger partial charge on any atom is 0.304 e. The molecule has 10 heteroatoms. The highest BCUT2D eigenvalue weighted by atomic mass is 79.9. The number of rotatable bonds is 1. The van der Waals surface area contributed by atoms with Gasteiger partial charge in [0, 0.05) is 35.7 Å². The van der Waals surface area contributed by atoms with Crippen molar-refractivity contribution in [1.82, 2.24) is 18.9 Å². The van der Waals surface area contributed by atoms with E-state index in [2.05, 4.69) is 20.9 Å². The molecule has 1 N–H and O–H groups in total. The maximum atomic E-state index is 12.7. The lowest BCUT2D eigenvalue weighted by Crippen LogP contribution is -2.54. The minimum absolute atomic E-state index is 0.0178. The van der Waals surface area contributed by atoms with Crippen LogP contribution in [0.2, 0.25) is 0 Å². The number of nitrogens with one attached hydrogen (secondary N) is 1. The van der Waals surface area contributed by atoms with Crippen LogP contribution in [0.5, 0.6) is 0 Å². The number of nitrogens with zero attached hydrogens (tertiary/aromatic N) is 3. The largest absolute Gasteiger partial charge is 0.334 e. The van der Waals surface area contributed by atoms with E-state index in [0.29, 0.717) is 0 Å². The lowest BCUT2D eigenvalue weighted by Gasteiger charge is -2.33. The zero-order valence-corrected chi connectivity index (χ0v) is 15.2. The third-order valence-electron chi connectivity index (χ3n) is 4.36. The van der Waals surface area contributed by atoms with Crippen molar-refractivity contribution in [2.24, 2.45) is 0 Å². The molecule has 3 heterocycles. The van der Waals surface area contributed by atoms with E-state index in [-0.39, 0.29) is 31.2 Å². The van der Waals surface area contributed by atoms with Gasteiger partial charge in [0.1, 0.15) is 11.7 Å². The summed E-state index contributed by atoms with van der Waals surface area (Å²) in [6, 6.07) is 6.49. The number of halogens is 1. The van der Waals surface area contributed by atoms with Gasteiger partial charge in [0.2, 0.25) is 0 Å². The fourth-order valence-corrected chi connectivity index (χ4v) is 4.80. The van der Waals surface area contributed by atoms with E-state index in [1.165, 1.54) is 4.90 Å². The number of benzene rings is 1. The zero-order chi connectivity index (χ0) is 17.8. The number of pyridine rings is 1. The van der Waals surface area contributed by atoms with Crippen LogP contribution in [-0.2, 0) is 15.0 Å². The van der Waals surface area contributed by atoms with Crippen LogP contribution in [0, 0.1) is 0 Å². The Kier molecular flexibility index (Phi) is 3.78. The van der Waals surface area contributed by atoms with Crippen molar-refractivity contribution < 1.29 is 18.0 Å². The van der Waals surface area contributed by atoms with Crippen LogP contribution in [0.3, 0.4) is 0 Å². The SMILES string of the molecule is O=C1NS(=O)(=O)N2CCN(C(=O)c3cc4ccc(Br)cc4cn3)CC12. The summed E-state index contributed by atoms with van der Waals surface area (Å²) in [6.45, 7) is 0.311. The van der Waals surface area contributed by atoms with Crippen molar-refractivity contribution in [2.45, 2.75) is 6.04 Å². The first-order valence-electron chi connectivity index (χ1n) is 7.53. The first-order valence-corrected chi connectivity index (χ1v) is 9.76. The average molecular weight is 425 g/mol. The summed E-state index contributed by atoms with van der Waals surface area (Å²) in [5.74, 6) is -0.921. The molecule has 1 aromatic heterocycles. The van der Waals surface area contributed by atoms with Crippen molar-refractivity contribution in [3.8, 4) is 0 Å². The Labute approximate surface area is 152 Å². The van der Waals surface area contributed by atoms with E-state index in [1.54, 1.807) is 12.3 Å². The molecule has 0 spiro atoms. The average Bonchev–Trinajstić information content (AvgIpc) is 2.82. The van der Waals surface area contributed by atoms with E-state index in [9.17, 15) is 18.0 Å². The van der Waals surface area contributed by atoms with Gasteiger partial charge in [-0.15, -0.1) is 0 Å². The molecule has 1 unspecified atom stereocenters. The smallest absolute Gasteiger partial charge is 0.304 e. The number of aromatic nitrogens is 1. The first-order chi connectivity index (χ1) is 11.8. The summed E-state index contributed by atoms with van der Waals surface area (Å²) < 4.78 is 27.6. The lowest BCUT2D eigenvalue weighted by atomic mass is 10.1. The Bertz CT molecular complexity index is 1010. The minimum atomic E-state index is -3.77. The fraction of sp³-hybridized carbons (Fsp3) is 0.267. The third kappa shape index (κ3) is 2.79. The molecular formula is C15H13BrN4O4S. The number of hydrogen-bond acceptors (Lipinski definition) is 5. The number of carbonyl (C=O) groups is 2. The van der Waals surface area contributed by atoms with Crippen molar-refractivity contribution in [3.63, 3.8) is 0 Å². The number of hydrogen-bond donors (Lipinski definition) is 1. The van der Waals surface area contributed by atoms with Crippen molar-refractivity contribution in [3.05, 3.63) is 40.6 Å². The molecule has 8 nitrogen and oxygen atoms in total. The molecule has 2 aliphatic heterocycles. The predicted molar refractivity (Wildman–Crippen MR) is 92.9 cm³/mol. The maximum absolute atomic E-state index is 12.7. The zero-order valence-electron chi connectivity index (χ0n) is 12.8. The predicted octanol–water partition coefficient (Wildman–Crippen LogP) is 0.498. The quantitative estimate of drug-likeness (QED) is 0.718. The summed E-state index contributed by atoms with van der Waals surface area (Å²) in [5.41, 5.74) is 0.268. The summed E-state index contributed by atoms with van der Waals surface area (Å²) in [4.78, 5) is 30.2. The fourth-order valence-electron chi connectivity index (χ4n) is 3.10. The van der Waals surface area contributed by atoms with Crippen LogP contribution in [0.25, 0.3) is 10.8 Å². The number of carbonyl (C=O) groups excluding carboxylic acids is 2. The van der Waals surface area contributed by atoms with Crippen LogP contribution < -0.4 is 4.72 Å². The molecular weight excluding hydrogens is 412 g/mol. The van der Waals surface area contributed by atoms with Crippen molar-refractivity contribution >= 4 is 48.7 Å². The van der Waals surface area contributed by atoms with E-state index in [4.69, 9.17) is 0 Å². The van der Waals surface area contributed by atoms with Crippen molar-refractivity contribution in [2.75, 3.05) is 19.6 Å². The highest BCUT2D eigenvalue weighted by Crippen LogP contribution is 2.23. The Morgan fingerprint density at radius 2 is 2.04 bits per heavy atom. The summed E-state index contributed by atoms with van der Waals surface area (Å²) >= 11 is 3.39. The van der Waals surface area contributed by atoms with Gasteiger partial charge in [0.15, 0.2) is 0 Å². The van der Waals surface area contributed by atoms with Gasteiger partial charge in [-0.2, -0.15) is 12.7 Å². The van der Waals surface area contributed by atoms with Gasteiger partial charge in [-0.05, 0) is 23.6 Å². The Hall–Kier alpha value is -2.04. The molecule has 25 heavy (non-hydrogen) atoms. The van der Waals surface area contributed by atoms with Crippen LogP contribution in [0.4, 0.5) is 0 Å². The standard InChI is InChI=1S/C15H13BrN4O4S/c16-11-2-1-9-6-12(17-7-10(9)5-11)15(22)19-3-4-20-13(8-19)14(21)18-25(20,23)24/h1-2,5-7,13H,3-4,8H2,(H,18,21). The highest BCUT2D eigenvalue weighted by Gasteiger charge is 2.47. The molecule has 2 aromatic rings. The molecule has 2 aliphatic rings. The number of amides is 2. The van der Waals surface area contributed by atoms with Gasteiger partial charge in [-0.1, -0.05) is 22.0 Å². The molecule has 0 radical (unpaired) electrons. The number of piperazine rings is 1. The Morgan fingerprint density at radius 1 is 1.24 bits per heavy atom. The van der Waals surface area contributed by atoms with Crippen LogP contribution in [0.15, 0.2) is 34.9 Å². The second kappa shape index (κ2) is 5.75. The topological polar surface area (TPSA) is 99.7 Å². The van der Waals surface area contributed by atoms with Crippen LogP contribution in [0.1, 0.15) is 10.5 Å². The summed E-state index contributed by atoms with van der Waals surface area (Å²) in [5, 5.41) is 1.78. The molecule has 130 valence electrons. The molecule has 0 bridgehead atoms. The summed E-state index contributed by atoms with van der Waals surface area (Å²) in [6.07, 6.45) is 1.62. The van der Waals surface area contributed by atoms with Crippen LogP contribution >= 0.6 is 15.9 Å². The lowest BCUT2D eigenvalue weighted by molar-refractivity contribution is -0.122. The highest BCUT2D eigenvalue weighted by molar-refractivity contribution is 9.10. The monoisotopic (exact) mass is 424 g/mol. The third-order valence-corrected chi connectivity index (χ3v) is 6.37. The molecule has 0 aliphatic carbocycles. The van der Waals surface area contributed by atoms with Gasteiger partial charge >= 0.3 is 10.2 Å². The van der Waals surface area contributed by atoms with Gasteiger partial charge in [-0.25, -0.2) is 4.72 Å². The molecule has 4 rings (SSSR count). The molecule has 1 aromatic carbocycles. The molecule has 2 amide bonds. The Balaban J connectivity index is 1.60. The van der Waals surface area contributed by atoms with Gasteiger partial charge in [-0.3, -0.25) is 14.6 Å². The van der Waals surface area contributed by atoms with Crippen LogP contribution in [-0.4, -0.2) is 60.1 Å². The summed E-state index contributed by atoms with van der Waals surface area (Å²) in [7, 11) is -3.77. The molecule has 2 fully saturated rings. The second-order valence-electron chi connectivity index (χ2n) is 5.91.